The molecule has 1 aliphatic rings. The first-order chi connectivity index (χ1) is 12.4. The van der Waals surface area contributed by atoms with Crippen molar-refractivity contribution in [3.63, 3.8) is 0 Å². The van der Waals surface area contributed by atoms with E-state index in [9.17, 15) is 13.2 Å². The van der Waals surface area contributed by atoms with E-state index >= 15 is 0 Å². The zero-order chi connectivity index (χ0) is 18.7. The number of nitrogens with zero attached hydrogens (tertiary/aromatic N) is 1. The first-order valence-electron chi connectivity index (χ1n) is 8.84. The smallest absolute Gasteiger partial charge is 0.243 e. The van der Waals surface area contributed by atoms with Crippen LogP contribution in [-0.2, 0) is 14.8 Å². The van der Waals surface area contributed by atoms with Crippen LogP contribution in [0.1, 0.15) is 36.9 Å². The quantitative estimate of drug-likeness (QED) is 0.877. The van der Waals surface area contributed by atoms with Gasteiger partial charge in [0.25, 0.3) is 0 Å². The summed E-state index contributed by atoms with van der Waals surface area (Å²) < 4.78 is 27.1. The Balaban J connectivity index is 1.78. The first kappa shape index (κ1) is 18.6. The van der Waals surface area contributed by atoms with E-state index in [0.29, 0.717) is 19.4 Å². The van der Waals surface area contributed by atoms with E-state index in [0.717, 1.165) is 11.1 Å². The number of amides is 1. The largest absolute Gasteiger partial charge is 0.348 e. The fraction of sp³-hybridized carbons (Fsp3) is 0.350. The maximum atomic E-state index is 12.9. The normalized spacial score (nSPS) is 19.2. The van der Waals surface area contributed by atoms with Crippen LogP contribution in [-0.4, -0.2) is 31.2 Å². The van der Waals surface area contributed by atoms with E-state index in [1.165, 1.54) is 4.31 Å². The lowest BCUT2D eigenvalue weighted by atomic mass is 10.0. The lowest BCUT2D eigenvalue weighted by molar-refractivity contribution is -0.124. The standard InChI is InChI=1S/C20H24N2O3S/c1-15-9-6-7-12-18(15)16(2)21-20(23)19-13-8-14-22(19)26(24,25)17-10-4-3-5-11-17/h3-7,9-12,16,19H,8,13-14H2,1-2H3,(H,21,23). The molecule has 0 saturated carbocycles. The minimum absolute atomic E-state index is 0.175. The van der Waals surface area contributed by atoms with Crippen LogP contribution in [0.15, 0.2) is 59.5 Å². The fourth-order valence-corrected chi connectivity index (χ4v) is 5.16. The van der Waals surface area contributed by atoms with E-state index < -0.39 is 16.1 Å². The third-order valence-electron chi connectivity index (χ3n) is 4.87. The minimum Gasteiger partial charge on any atom is -0.348 e. The van der Waals surface area contributed by atoms with Gasteiger partial charge in [-0.1, -0.05) is 42.5 Å². The summed E-state index contributed by atoms with van der Waals surface area (Å²) in [5.41, 5.74) is 2.14. The molecule has 1 aliphatic heterocycles. The van der Waals surface area contributed by atoms with Crippen LogP contribution < -0.4 is 5.32 Å². The van der Waals surface area contributed by atoms with Crippen molar-refractivity contribution in [3.8, 4) is 0 Å². The number of sulfonamides is 1. The Labute approximate surface area is 155 Å². The van der Waals surface area contributed by atoms with Crippen molar-refractivity contribution < 1.29 is 13.2 Å². The third kappa shape index (κ3) is 3.66. The van der Waals surface area contributed by atoms with Crippen LogP contribution >= 0.6 is 0 Å². The average Bonchev–Trinajstić information content (AvgIpc) is 3.13. The van der Waals surface area contributed by atoms with Gasteiger partial charge in [0, 0.05) is 6.54 Å². The summed E-state index contributed by atoms with van der Waals surface area (Å²) in [6.45, 7) is 4.29. The molecular weight excluding hydrogens is 348 g/mol. The maximum absolute atomic E-state index is 12.9. The SMILES string of the molecule is Cc1ccccc1C(C)NC(=O)C1CCCN1S(=O)(=O)c1ccccc1. The van der Waals surface area contributed by atoms with Gasteiger partial charge in [-0.25, -0.2) is 8.42 Å². The van der Waals surface area contributed by atoms with Crippen molar-refractivity contribution in [2.45, 2.75) is 43.7 Å². The molecule has 1 fully saturated rings. The molecule has 26 heavy (non-hydrogen) atoms. The number of benzene rings is 2. The zero-order valence-corrected chi connectivity index (χ0v) is 15.9. The van der Waals surface area contributed by atoms with E-state index in [1.807, 2.05) is 38.1 Å². The molecule has 1 saturated heterocycles. The van der Waals surface area contributed by atoms with Gasteiger partial charge in [-0.05, 0) is 49.9 Å². The van der Waals surface area contributed by atoms with Gasteiger partial charge in [-0.3, -0.25) is 4.79 Å². The van der Waals surface area contributed by atoms with E-state index in [2.05, 4.69) is 5.32 Å². The van der Waals surface area contributed by atoms with Crippen LogP contribution in [0.2, 0.25) is 0 Å². The van der Waals surface area contributed by atoms with Gasteiger partial charge >= 0.3 is 0 Å². The Hall–Kier alpha value is -2.18. The Morgan fingerprint density at radius 3 is 2.46 bits per heavy atom. The molecule has 0 bridgehead atoms. The molecule has 2 atom stereocenters. The number of carbonyl (C=O) groups excluding carboxylic acids is 1. The highest BCUT2D eigenvalue weighted by Gasteiger charge is 2.39. The molecular formula is C20H24N2O3S. The van der Waals surface area contributed by atoms with Crippen molar-refractivity contribution in [1.29, 1.82) is 0 Å². The highest BCUT2D eigenvalue weighted by atomic mass is 32.2. The summed E-state index contributed by atoms with van der Waals surface area (Å²) in [6, 6.07) is 15.3. The van der Waals surface area contributed by atoms with Gasteiger partial charge < -0.3 is 5.32 Å². The summed E-state index contributed by atoms with van der Waals surface area (Å²) in [7, 11) is -3.67. The van der Waals surface area contributed by atoms with E-state index in [1.54, 1.807) is 30.3 Å². The lowest BCUT2D eigenvalue weighted by Crippen LogP contribution is -2.46. The Morgan fingerprint density at radius 2 is 1.77 bits per heavy atom. The molecule has 1 heterocycles. The highest BCUT2D eigenvalue weighted by molar-refractivity contribution is 7.89. The molecule has 0 aromatic heterocycles. The number of rotatable bonds is 5. The van der Waals surface area contributed by atoms with Crippen molar-refractivity contribution in [1.82, 2.24) is 9.62 Å². The van der Waals surface area contributed by atoms with Crippen LogP contribution in [0.25, 0.3) is 0 Å². The number of carbonyl (C=O) groups is 1. The minimum atomic E-state index is -3.67. The van der Waals surface area contributed by atoms with Gasteiger partial charge in [-0.15, -0.1) is 0 Å². The molecule has 6 heteroatoms. The van der Waals surface area contributed by atoms with Crippen LogP contribution in [0, 0.1) is 6.92 Å². The summed E-state index contributed by atoms with van der Waals surface area (Å²) in [5.74, 6) is -0.238. The van der Waals surface area contributed by atoms with Crippen molar-refractivity contribution in [3.05, 3.63) is 65.7 Å². The first-order valence-corrected chi connectivity index (χ1v) is 10.3. The van der Waals surface area contributed by atoms with Crippen molar-refractivity contribution >= 4 is 15.9 Å². The summed E-state index contributed by atoms with van der Waals surface area (Å²) in [4.78, 5) is 13.0. The second-order valence-electron chi connectivity index (χ2n) is 6.67. The molecule has 2 unspecified atom stereocenters. The molecule has 3 rings (SSSR count). The van der Waals surface area contributed by atoms with Crippen LogP contribution in [0.5, 0.6) is 0 Å². The average molecular weight is 372 g/mol. The van der Waals surface area contributed by atoms with Gasteiger partial charge in [0.1, 0.15) is 6.04 Å². The summed E-state index contributed by atoms with van der Waals surface area (Å²) >= 11 is 0. The monoisotopic (exact) mass is 372 g/mol. The predicted octanol–water partition coefficient (Wildman–Crippen LogP) is 3.03. The predicted molar refractivity (Wildman–Crippen MR) is 101 cm³/mol. The summed E-state index contributed by atoms with van der Waals surface area (Å²) in [6.07, 6.45) is 1.22. The van der Waals surface area contributed by atoms with Gasteiger partial charge in [0.2, 0.25) is 15.9 Å². The van der Waals surface area contributed by atoms with Gasteiger partial charge in [-0.2, -0.15) is 4.31 Å². The number of hydrogen-bond acceptors (Lipinski definition) is 3. The Morgan fingerprint density at radius 1 is 1.12 bits per heavy atom. The molecule has 0 radical (unpaired) electrons. The lowest BCUT2D eigenvalue weighted by Gasteiger charge is -2.25. The highest BCUT2D eigenvalue weighted by Crippen LogP contribution is 2.27. The molecule has 138 valence electrons. The second-order valence-corrected chi connectivity index (χ2v) is 8.56. The Kier molecular flexibility index (Phi) is 5.44. The molecule has 1 amide bonds. The van der Waals surface area contributed by atoms with E-state index in [4.69, 9.17) is 0 Å². The second kappa shape index (κ2) is 7.60. The number of nitrogens with one attached hydrogen (secondary N) is 1. The van der Waals surface area contributed by atoms with Crippen LogP contribution in [0.4, 0.5) is 0 Å². The number of hydrogen-bond donors (Lipinski definition) is 1. The third-order valence-corrected chi connectivity index (χ3v) is 6.79. The molecule has 2 aromatic rings. The number of aryl methyl sites for hydroxylation is 1. The fourth-order valence-electron chi connectivity index (χ4n) is 3.48. The Bertz CT molecular complexity index is 881. The van der Waals surface area contributed by atoms with Crippen LogP contribution in [0.3, 0.4) is 0 Å². The zero-order valence-electron chi connectivity index (χ0n) is 15.1. The maximum Gasteiger partial charge on any atom is 0.243 e. The van der Waals surface area contributed by atoms with Crippen molar-refractivity contribution in [2.24, 2.45) is 0 Å². The summed E-state index contributed by atoms with van der Waals surface area (Å²) in [5, 5.41) is 2.99. The molecule has 1 N–H and O–H groups in total. The van der Waals surface area contributed by atoms with E-state index in [-0.39, 0.29) is 16.8 Å². The van der Waals surface area contributed by atoms with Gasteiger partial charge in [0.15, 0.2) is 0 Å². The molecule has 2 aromatic carbocycles. The van der Waals surface area contributed by atoms with Crippen molar-refractivity contribution in [2.75, 3.05) is 6.54 Å². The molecule has 0 aliphatic carbocycles. The molecule has 0 spiro atoms. The molecule has 5 nitrogen and oxygen atoms in total. The topological polar surface area (TPSA) is 66.5 Å². The van der Waals surface area contributed by atoms with Gasteiger partial charge in [0.05, 0.1) is 10.9 Å².